The van der Waals surface area contributed by atoms with Gasteiger partial charge in [-0.3, -0.25) is 32.5 Å². The lowest BCUT2D eigenvalue weighted by Crippen LogP contribution is -2.30. The van der Waals surface area contributed by atoms with Crippen molar-refractivity contribution in [1.29, 1.82) is 0 Å². The molecule has 18 heteroatoms. The van der Waals surface area contributed by atoms with Gasteiger partial charge >= 0.3 is 33.6 Å². The van der Waals surface area contributed by atoms with Crippen molar-refractivity contribution in [2.75, 3.05) is 39.6 Å². The van der Waals surface area contributed by atoms with Gasteiger partial charge in [0, 0.05) is 19.3 Å². The summed E-state index contributed by atoms with van der Waals surface area (Å²) in [4.78, 5) is 58.6. The second-order valence-corrected chi connectivity index (χ2v) is 27.6. The summed E-state index contributed by atoms with van der Waals surface area (Å²) in [5.41, 5.74) is 0. The van der Waals surface area contributed by atoms with Gasteiger partial charge in [-0.1, -0.05) is 264 Å². The molecule has 5 atom stereocenters. The highest BCUT2D eigenvalue weighted by Gasteiger charge is 2.29. The van der Waals surface area contributed by atoms with E-state index in [0.29, 0.717) is 19.3 Å². The molecule has 5 unspecified atom stereocenters. The van der Waals surface area contributed by atoms with Gasteiger partial charge < -0.3 is 34.2 Å². The average Bonchev–Trinajstić information content (AvgIpc) is 1.77. The molecule has 0 aliphatic rings. The first-order chi connectivity index (χ1) is 47.2. The average molecular weight is 1400 g/mol. The molecule has 0 aromatic heterocycles. The Bertz CT molecular complexity index is 2300. The van der Waals surface area contributed by atoms with E-state index < -0.39 is 91.5 Å². The standard InChI is InChI=1S/C79H134O16P2/c1-4-7-10-13-16-19-22-25-28-30-32-34-36-38-40-42-45-47-50-53-56-59-62-65-77(82)89-68-74(80)69-91-96(85,86)92-70-75(81)71-93-97(87,88)94-73-76(95-79(84)67-64-61-58-55-52-49-44-27-24-21-18-15-12-9-6-3)72-90-78(83)66-63-60-57-54-51-48-46-43-41-39-37-35-33-31-29-26-23-20-17-14-11-8-5-2/h7,10,16-17,19-20,25-29,32-35,38-41,44-45,47,74-76,80-81H,4-6,8-9,11-15,18,21-24,30-31,36-37,42-43,46,48-73H2,1-3H3,(H,85,86)(H,87,88)/b10-7-,19-16-,20-17-,28-25-,29-26-,34-32-,35-33-,40-38-,41-39-,44-27-,47-45-. The zero-order valence-corrected chi connectivity index (χ0v) is 62.2. The molecular weight excluding hydrogens is 1270 g/mol. The van der Waals surface area contributed by atoms with E-state index in [4.69, 9.17) is 32.3 Å². The molecule has 0 aliphatic carbocycles. The Kier molecular flexibility index (Phi) is 68.3. The van der Waals surface area contributed by atoms with Gasteiger partial charge in [0.2, 0.25) is 0 Å². The number of aliphatic hydroxyl groups is 2. The predicted molar refractivity (Wildman–Crippen MR) is 399 cm³/mol. The molecule has 4 N–H and O–H groups in total. The van der Waals surface area contributed by atoms with E-state index >= 15 is 0 Å². The minimum absolute atomic E-state index is 0.0889. The van der Waals surface area contributed by atoms with E-state index in [9.17, 15) is 43.5 Å². The minimum atomic E-state index is -4.94. The monoisotopic (exact) mass is 1400 g/mol. The third-order valence-corrected chi connectivity index (χ3v) is 17.2. The molecule has 0 aromatic carbocycles. The quantitative estimate of drug-likeness (QED) is 0.0146. The van der Waals surface area contributed by atoms with E-state index in [0.717, 1.165) is 167 Å². The number of hydrogen-bond acceptors (Lipinski definition) is 14. The van der Waals surface area contributed by atoms with E-state index in [1.807, 2.05) is 0 Å². The number of unbranched alkanes of at least 4 members (excludes halogenated alkanes) is 25. The van der Waals surface area contributed by atoms with E-state index in [1.54, 1.807) is 0 Å². The number of ether oxygens (including phenoxy) is 3. The summed E-state index contributed by atoms with van der Waals surface area (Å²) in [5.74, 6) is -1.62. The molecule has 0 bridgehead atoms. The Balaban J connectivity index is 4.68. The van der Waals surface area contributed by atoms with Crippen LogP contribution in [0.2, 0.25) is 0 Å². The minimum Gasteiger partial charge on any atom is -0.463 e. The molecule has 0 spiro atoms. The summed E-state index contributed by atoms with van der Waals surface area (Å²) >= 11 is 0. The van der Waals surface area contributed by atoms with Gasteiger partial charge in [-0.25, -0.2) is 9.13 Å². The Labute approximate surface area is 588 Å². The fourth-order valence-electron chi connectivity index (χ4n) is 9.61. The van der Waals surface area contributed by atoms with Gasteiger partial charge in [-0.15, -0.1) is 0 Å². The molecule has 0 fully saturated rings. The van der Waals surface area contributed by atoms with Crippen molar-refractivity contribution < 1.29 is 75.8 Å². The maximum absolute atomic E-state index is 13.0. The predicted octanol–water partition coefficient (Wildman–Crippen LogP) is 21.5. The molecule has 0 saturated heterocycles. The van der Waals surface area contributed by atoms with Gasteiger partial charge in [-0.2, -0.15) is 0 Å². The lowest BCUT2D eigenvalue weighted by atomic mass is 10.1. The van der Waals surface area contributed by atoms with Crippen LogP contribution < -0.4 is 0 Å². The number of aliphatic hydroxyl groups excluding tert-OH is 2. The van der Waals surface area contributed by atoms with E-state index in [1.165, 1.54) is 64.2 Å². The first-order valence-electron chi connectivity index (χ1n) is 37.5. The molecule has 0 aromatic rings. The number of allylic oxidation sites excluding steroid dienone is 22. The van der Waals surface area contributed by atoms with Crippen LogP contribution in [0.3, 0.4) is 0 Å². The number of phosphoric acid groups is 2. The zero-order chi connectivity index (χ0) is 70.9. The first kappa shape index (κ1) is 92.7. The van der Waals surface area contributed by atoms with Crippen molar-refractivity contribution in [2.45, 2.75) is 309 Å². The van der Waals surface area contributed by atoms with E-state index in [-0.39, 0.29) is 19.3 Å². The van der Waals surface area contributed by atoms with Gasteiger partial charge in [0.1, 0.15) is 25.4 Å². The topological polar surface area (TPSA) is 231 Å². The second kappa shape index (κ2) is 71.5. The first-order valence-corrected chi connectivity index (χ1v) is 40.5. The van der Waals surface area contributed by atoms with E-state index in [2.05, 4.69) is 154 Å². The molecule has 556 valence electrons. The highest BCUT2D eigenvalue weighted by atomic mass is 31.2. The van der Waals surface area contributed by atoms with Crippen LogP contribution >= 0.6 is 15.6 Å². The third-order valence-electron chi connectivity index (χ3n) is 15.3. The molecular formula is C79H134O16P2. The fraction of sp³-hybridized carbons (Fsp3) is 0.684. The molecule has 0 heterocycles. The summed E-state index contributed by atoms with van der Waals surface area (Å²) in [6, 6.07) is 0. The van der Waals surface area contributed by atoms with Crippen LogP contribution in [0.4, 0.5) is 0 Å². The number of hydrogen-bond donors (Lipinski definition) is 4. The Morgan fingerprint density at radius 2 is 0.546 bits per heavy atom. The molecule has 97 heavy (non-hydrogen) atoms. The van der Waals surface area contributed by atoms with Crippen LogP contribution in [-0.2, 0) is 55.8 Å². The molecule has 0 aliphatic heterocycles. The summed E-state index contributed by atoms with van der Waals surface area (Å²) < 4.78 is 61.0. The summed E-state index contributed by atoms with van der Waals surface area (Å²) in [6.45, 7) is 2.48. The zero-order valence-electron chi connectivity index (χ0n) is 60.5. The number of carbonyl (C=O) groups excluding carboxylic acids is 3. The van der Waals surface area contributed by atoms with Crippen molar-refractivity contribution in [3.63, 3.8) is 0 Å². The van der Waals surface area contributed by atoms with Gasteiger partial charge in [0.25, 0.3) is 0 Å². The highest BCUT2D eigenvalue weighted by molar-refractivity contribution is 7.47. The van der Waals surface area contributed by atoms with Crippen LogP contribution in [0.1, 0.15) is 290 Å². The van der Waals surface area contributed by atoms with Crippen LogP contribution in [0, 0.1) is 0 Å². The van der Waals surface area contributed by atoms with Crippen molar-refractivity contribution in [1.82, 2.24) is 0 Å². The van der Waals surface area contributed by atoms with Gasteiger partial charge in [-0.05, 0) is 141 Å². The molecule has 16 nitrogen and oxygen atoms in total. The highest BCUT2D eigenvalue weighted by Crippen LogP contribution is 2.45. The third kappa shape index (κ3) is 72.8. The number of carbonyl (C=O) groups is 3. The number of rotatable bonds is 70. The smallest absolute Gasteiger partial charge is 0.463 e. The summed E-state index contributed by atoms with van der Waals surface area (Å²) in [7, 11) is -9.80. The lowest BCUT2D eigenvalue weighted by molar-refractivity contribution is -0.161. The normalized spacial score (nSPS) is 14.8. The molecule has 0 amide bonds. The maximum Gasteiger partial charge on any atom is 0.472 e. The number of esters is 3. The largest absolute Gasteiger partial charge is 0.472 e. The second-order valence-electron chi connectivity index (χ2n) is 24.7. The number of phosphoric ester groups is 2. The molecule has 0 saturated carbocycles. The van der Waals surface area contributed by atoms with Gasteiger partial charge in [0.15, 0.2) is 6.10 Å². The Morgan fingerprint density at radius 3 is 0.897 bits per heavy atom. The van der Waals surface area contributed by atoms with Crippen molar-refractivity contribution in [3.05, 3.63) is 134 Å². The van der Waals surface area contributed by atoms with Crippen molar-refractivity contribution in [3.8, 4) is 0 Å². The van der Waals surface area contributed by atoms with Crippen LogP contribution in [0.15, 0.2) is 134 Å². The summed E-state index contributed by atoms with van der Waals surface area (Å²) in [5, 5.41) is 20.6. The summed E-state index contributed by atoms with van der Waals surface area (Å²) in [6.07, 6.45) is 84.9. The van der Waals surface area contributed by atoms with Crippen LogP contribution in [0.5, 0.6) is 0 Å². The van der Waals surface area contributed by atoms with Gasteiger partial charge in [0.05, 0.1) is 26.4 Å². The SMILES string of the molecule is CC/C=C\C/C=C\C/C=C\C/C=C\C/C=C\C/C=C\CCCCCCC(=O)OCC(O)COP(=O)(O)OCC(O)COP(=O)(O)OCC(COC(=O)CCCCCCCCC/C=C\C/C=C\C/C=C\C/C=C\CCCCC)OC(=O)CCCCCCC/C=C\CCCCCCCC. The van der Waals surface area contributed by atoms with Crippen molar-refractivity contribution in [2.24, 2.45) is 0 Å². The Hall–Kier alpha value is -4.31. The lowest BCUT2D eigenvalue weighted by Gasteiger charge is -2.21. The van der Waals surface area contributed by atoms with Crippen LogP contribution in [0.25, 0.3) is 0 Å². The maximum atomic E-state index is 13.0. The van der Waals surface area contributed by atoms with Crippen LogP contribution in [-0.4, -0.2) is 95.9 Å². The van der Waals surface area contributed by atoms with Crippen molar-refractivity contribution >= 4 is 33.6 Å². The Morgan fingerprint density at radius 1 is 0.299 bits per heavy atom. The molecule has 0 radical (unpaired) electrons. The molecule has 0 rings (SSSR count). The fourth-order valence-corrected chi connectivity index (χ4v) is 11.2.